The van der Waals surface area contributed by atoms with Crippen LogP contribution in [0.3, 0.4) is 0 Å². The fraction of sp³-hybridized carbons (Fsp3) is 0.160. The number of fused-ring (bicyclic) bond motifs is 1. The number of nitriles is 1. The maximum absolute atomic E-state index is 13.2. The third-order valence-corrected chi connectivity index (χ3v) is 5.89. The summed E-state index contributed by atoms with van der Waals surface area (Å²) in [5, 5.41) is 28.1. The monoisotopic (exact) mass is 407 g/mol. The summed E-state index contributed by atoms with van der Waals surface area (Å²) in [6.07, 6.45) is 5.33. The predicted octanol–water partition coefficient (Wildman–Crippen LogP) is 4.78. The molecule has 2 aromatic heterocycles. The van der Waals surface area contributed by atoms with Crippen molar-refractivity contribution in [1.29, 1.82) is 5.26 Å². The Kier molecular flexibility index (Phi) is 4.63. The van der Waals surface area contributed by atoms with Crippen molar-refractivity contribution >= 4 is 22.1 Å². The van der Waals surface area contributed by atoms with Crippen LogP contribution in [0.1, 0.15) is 11.3 Å². The zero-order valence-corrected chi connectivity index (χ0v) is 17.1. The molecule has 1 aliphatic heterocycles. The Bertz CT molecular complexity index is 1320. The highest BCUT2D eigenvalue weighted by Gasteiger charge is 2.40. The van der Waals surface area contributed by atoms with Gasteiger partial charge in [-0.25, -0.2) is 0 Å². The lowest BCUT2D eigenvalue weighted by atomic mass is 9.98. The molecular weight excluding hydrogens is 386 g/mol. The minimum absolute atomic E-state index is 0.0567. The van der Waals surface area contributed by atoms with Gasteiger partial charge in [0.25, 0.3) is 0 Å². The van der Waals surface area contributed by atoms with Crippen molar-refractivity contribution in [3.05, 3.63) is 89.7 Å². The fourth-order valence-electron chi connectivity index (χ4n) is 4.33. The van der Waals surface area contributed by atoms with E-state index in [-0.39, 0.29) is 10.7 Å². The number of nitrogens with one attached hydrogen (secondary N) is 1. The van der Waals surface area contributed by atoms with Crippen molar-refractivity contribution in [2.75, 3.05) is 18.4 Å². The van der Waals surface area contributed by atoms with Crippen LogP contribution in [0, 0.1) is 23.5 Å². The van der Waals surface area contributed by atoms with Crippen LogP contribution < -0.4 is 9.96 Å². The average Bonchev–Trinajstić information content (AvgIpc) is 2.78. The van der Waals surface area contributed by atoms with Gasteiger partial charge in [-0.3, -0.25) is 9.97 Å². The van der Waals surface area contributed by atoms with E-state index in [1.807, 2.05) is 49.5 Å². The molecule has 0 amide bonds. The Labute approximate surface area is 180 Å². The molecule has 1 fully saturated rings. The summed E-state index contributed by atoms with van der Waals surface area (Å²) in [7, 11) is 0. The van der Waals surface area contributed by atoms with Gasteiger partial charge in [-0.05, 0) is 59.8 Å². The molecule has 0 aliphatic carbocycles. The number of aryl methyl sites for hydroxylation is 1. The summed E-state index contributed by atoms with van der Waals surface area (Å²) in [5.41, 5.74) is 5.08. The van der Waals surface area contributed by atoms with Crippen molar-refractivity contribution in [2.45, 2.75) is 13.0 Å². The fourth-order valence-corrected chi connectivity index (χ4v) is 4.33. The van der Waals surface area contributed by atoms with Crippen molar-refractivity contribution < 1.29 is 0 Å². The minimum atomic E-state index is -0.364. The molecule has 0 unspecified atom stereocenters. The van der Waals surface area contributed by atoms with Crippen LogP contribution in [0.4, 0.5) is 11.4 Å². The lowest BCUT2D eigenvalue weighted by Gasteiger charge is -2.53. The predicted molar refractivity (Wildman–Crippen MR) is 123 cm³/mol. The van der Waals surface area contributed by atoms with E-state index in [2.05, 4.69) is 33.5 Å². The second kappa shape index (κ2) is 7.47. The third-order valence-electron chi connectivity index (χ3n) is 5.89. The van der Waals surface area contributed by atoms with Crippen LogP contribution in [-0.4, -0.2) is 29.1 Å². The number of nitrogens with zero attached hydrogens (tertiary/aromatic N) is 4. The van der Waals surface area contributed by atoms with Crippen LogP contribution in [0.25, 0.3) is 21.9 Å². The van der Waals surface area contributed by atoms with Crippen molar-refractivity contribution in [1.82, 2.24) is 14.6 Å². The Balaban J connectivity index is 1.46. The van der Waals surface area contributed by atoms with Crippen LogP contribution in [0.15, 0.2) is 73.2 Å². The average molecular weight is 407 g/mol. The van der Waals surface area contributed by atoms with Gasteiger partial charge in [-0.2, -0.15) is 5.26 Å². The zero-order valence-electron chi connectivity index (χ0n) is 17.1. The highest BCUT2D eigenvalue weighted by Crippen LogP contribution is 2.35. The summed E-state index contributed by atoms with van der Waals surface area (Å²) >= 11 is 0. The van der Waals surface area contributed by atoms with Crippen molar-refractivity contribution in [3.63, 3.8) is 0 Å². The van der Waals surface area contributed by atoms with Gasteiger partial charge in [0.2, 0.25) is 0 Å². The SMILES string of the molecule is Cc1ncccc1[N+]1([O-])CC(Nc2cc(-c3cccc(C#N)c3)cc3ccncc23)C1. The molecule has 2 aromatic carbocycles. The van der Waals surface area contributed by atoms with E-state index in [0.717, 1.165) is 39.0 Å². The number of anilines is 1. The van der Waals surface area contributed by atoms with Gasteiger partial charge in [0, 0.05) is 35.7 Å². The first-order valence-corrected chi connectivity index (χ1v) is 10.2. The smallest absolute Gasteiger partial charge is 0.154 e. The highest BCUT2D eigenvalue weighted by molar-refractivity contribution is 5.97. The van der Waals surface area contributed by atoms with Gasteiger partial charge in [-0.1, -0.05) is 12.1 Å². The van der Waals surface area contributed by atoms with Gasteiger partial charge in [-0.15, -0.1) is 0 Å². The normalized spacial score (nSPS) is 20.1. The molecule has 31 heavy (non-hydrogen) atoms. The summed E-state index contributed by atoms with van der Waals surface area (Å²) < 4.78 is -0.364. The molecule has 0 spiro atoms. The van der Waals surface area contributed by atoms with Gasteiger partial charge in [0.15, 0.2) is 5.69 Å². The van der Waals surface area contributed by atoms with Crippen molar-refractivity contribution in [3.8, 4) is 17.2 Å². The molecule has 3 heterocycles. The number of pyridine rings is 2. The van der Waals surface area contributed by atoms with Gasteiger partial charge < -0.3 is 15.2 Å². The molecule has 1 aliphatic rings. The molecular formula is C25H21N5O. The van der Waals surface area contributed by atoms with E-state index in [1.54, 1.807) is 18.5 Å². The van der Waals surface area contributed by atoms with E-state index in [9.17, 15) is 10.5 Å². The standard InChI is InChI=1S/C25H21N5O/c1-17-25(6-3-8-28-17)30(31)15-22(16-30)29-24-12-21(11-20-7-9-27-14-23(20)24)19-5-2-4-18(10-19)13-26/h2-12,14,22,29H,15-16H2,1H3. The molecule has 0 radical (unpaired) electrons. The number of quaternary nitrogens is 1. The lowest BCUT2D eigenvalue weighted by Crippen LogP contribution is -2.66. The number of benzene rings is 2. The first-order valence-electron chi connectivity index (χ1n) is 10.2. The summed E-state index contributed by atoms with van der Waals surface area (Å²) in [5.74, 6) is 0. The summed E-state index contributed by atoms with van der Waals surface area (Å²) in [4.78, 5) is 8.55. The molecule has 6 heteroatoms. The molecule has 0 bridgehead atoms. The van der Waals surface area contributed by atoms with E-state index in [1.165, 1.54) is 0 Å². The van der Waals surface area contributed by atoms with Gasteiger partial charge in [0.05, 0.1) is 17.3 Å². The number of hydrogen-bond acceptors (Lipinski definition) is 5. The Morgan fingerprint density at radius 2 is 1.94 bits per heavy atom. The second-order valence-electron chi connectivity index (χ2n) is 8.02. The van der Waals surface area contributed by atoms with E-state index >= 15 is 0 Å². The quantitative estimate of drug-likeness (QED) is 0.389. The van der Waals surface area contributed by atoms with Crippen LogP contribution in [0.2, 0.25) is 0 Å². The number of hydroxylamine groups is 2. The largest absolute Gasteiger partial charge is 0.627 e. The van der Waals surface area contributed by atoms with Crippen molar-refractivity contribution in [2.24, 2.45) is 0 Å². The molecule has 4 aromatic rings. The molecule has 0 saturated carbocycles. The Morgan fingerprint density at radius 1 is 1.06 bits per heavy atom. The third kappa shape index (κ3) is 3.50. The molecule has 6 nitrogen and oxygen atoms in total. The Morgan fingerprint density at radius 3 is 2.74 bits per heavy atom. The van der Waals surface area contributed by atoms with Crippen LogP contribution in [0.5, 0.6) is 0 Å². The zero-order chi connectivity index (χ0) is 21.4. The molecule has 152 valence electrons. The number of hydrogen-bond donors (Lipinski definition) is 1. The van der Waals surface area contributed by atoms with E-state index in [4.69, 9.17) is 0 Å². The molecule has 1 N–H and O–H groups in total. The second-order valence-corrected chi connectivity index (χ2v) is 8.02. The first kappa shape index (κ1) is 19.2. The van der Waals surface area contributed by atoms with Crippen LogP contribution >= 0.6 is 0 Å². The first-order chi connectivity index (χ1) is 15.1. The number of rotatable bonds is 4. The van der Waals surface area contributed by atoms with Gasteiger partial charge in [0.1, 0.15) is 19.1 Å². The topological polar surface area (TPSA) is 84.7 Å². The molecule has 5 rings (SSSR count). The maximum atomic E-state index is 13.2. The molecule has 0 atom stereocenters. The van der Waals surface area contributed by atoms with Crippen LogP contribution in [-0.2, 0) is 0 Å². The lowest BCUT2D eigenvalue weighted by molar-refractivity contribution is 0.236. The summed E-state index contributed by atoms with van der Waals surface area (Å²) in [6.45, 7) is 2.77. The highest BCUT2D eigenvalue weighted by atomic mass is 16.6. The van der Waals surface area contributed by atoms with E-state index < -0.39 is 0 Å². The Hall–Kier alpha value is -3.79. The van der Waals surface area contributed by atoms with Gasteiger partial charge >= 0.3 is 0 Å². The minimum Gasteiger partial charge on any atom is -0.627 e. The van der Waals surface area contributed by atoms with E-state index in [0.29, 0.717) is 18.7 Å². The maximum Gasteiger partial charge on any atom is 0.154 e. The molecule has 1 saturated heterocycles. The number of aromatic nitrogens is 2. The summed E-state index contributed by atoms with van der Waals surface area (Å²) in [6, 6.07) is 19.7.